The van der Waals surface area contributed by atoms with E-state index in [1.54, 1.807) is 42.5 Å². The number of nitrogens with one attached hydrogen (secondary N) is 1. The molecule has 3 aromatic rings. The average molecular weight is 408 g/mol. The van der Waals surface area contributed by atoms with Gasteiger partial charge in [-0.05, 0) is 47.0 Å². The van der Waals surface area contributed by atoms with Gasteiger partial charge in [0.1, 0.15) is 6.61 Å². The number of rotatable bonds is 8. The summed E-state index contributed by atoms with van der Waals surface area (Å²) in [7, 11) is -3.64. The Balaban J connectivity index is 1.44. The topological polar surface area (TPSA) is 96.3 Å². The molecule has 0 aromatic heterocycles. The molecule has 0 saturated carbocycles. The molecule has 1 N–H and O–H groups in total. The lowest BCUT2D eigenvalue weighted by Crippen LogP contribution is -2.25. The van der Waals surface area contributed by atoms with E-state index in [1.165, 1.54) is 0 Å². The molecule has 7 heteroatoms. The molecular formula is C22H20N2O4S. The van der Waals surface area contributed by atoms with Crippen molar-refractivity contribution in [2.75, 3.05) is 6.54 Å². The first-order valence-corrected chi connectivity index (χ1v) is 10.6. The van der Waals surface area contributed by atoms with E-state index in [1.807, 2.05) is 30.3 Å². The van der Waals surface area contributed by atoms with E-state index in [4.69, 9.17) is 10.00 Å². The standard InChI is InChI=1S/C22H20N2O4S/c23-15-17-7-9-18(10-8-17)16-28-22(25)6-3-13-24-29(26,27)21-12-11-19-4-1-2-5-20(19)14-21/h1-2,4-5,7-12,14,24H,3,6,13,16H2. The minimum Gasteiger partial charge on any atom is -0.461 e. The van der Waals surface area contributed by atoms with Crippen molar-refractivity contribution < 1.29 is 17.9 Å². The maximum absolute atomic E-state index is 12.4. The van der Waals surface area contributed by atoms with E-state index in [-0.39, 0.29) is 24.5 Å². The van der Waals surface area contributed by atoms with Crippen LogP contribution in [0, 0.1) is 11.3 Å². The van der Waals surface area contributed by atoms with Gasteiger partial charge in [0.2, 0.25) is 10.0 Å². The number of benzene rings is 3. The van der Waals surface area contributed by atoms with Crippen LogP contribution < -0.4 is 4.72 Å². The number of ether oxygens (including phenoxy) is 1. The summed E-state index contributed by atoms with van der Waals surface area (Å²) in [5.74, 6) is -0.403. The lowest BCUT2D eigenvalue weighted by molar-refractivity contribution is -0.145. The van der Waals surface area contributed by atoms with Crippen LogP contribution in [0.5, 0.6) is 0 Å². The van der Waals surface area contributed by atoms with Gasteiger partial charge < -0.3 is 4.74 Å². The van der Waals surface area contributed by atoms with Crippen LogP contribution >= 0.6 is 0 Å². The van der Waals surface area contributed by atoms with E-state index >= 15 is 0 Å². The maximum Gasteiger partial charge on any atom is 0.306 e. The van der Waals surface area contributed by atoms with E-state index in [2.05, 4.69) is 4.72 Å². The van der Waals surface area contributed by atoms with Crippen molar-refractivity contribution in [1.82, 2.24) is 4.72 Å². The van der Waals surface area contributed by atoms with E-state index in [0.29, 0.717) is 12.0 Å². The van der Waals surface area contributed by atoms with Crippen LogP contribution in [0.2, 0.25) is 0 Å². The molecule has 6 nitrogen and oxygen atoms in total. The molecule has 3 aromatic carbocycles. The molecule has 0 aliphatic rings. The van der Waals surface area contributed by atoms with E-state index in [9.17, 15) is 13.2 Å². The van der Waals surface area contributed by atoms with Gasteiger partial charge in [0.25, 0.3) is 0 Å². The first-order chi connectivity index (χ1) is 14.0. The highest BCUT2D eigenvalue weighted by Crippen LogP contribution is 2.18. The number of carbonyl (C=O) groups is 1. The molecule has 0 amide bonds. The highest BCUT2D eigenvalue weighted by molar-refractivity contribution is 7.89. The normalized spacial score (nSPS) is 11.1. The predicted octanol–water partition coefficient (Wildman–Crippen LogP) is 3.51. The molecule has 0 bridgehead atoms. The smallest absolute Gasteiger partial charge is 0.306 e. The fourth-order valence-electron chi connectivity index (χ4n) is 2.77. The summed E-state index contributed by atoms with van der Waals surface area (Å²) >= 11 is 0. The number of hydrogen-bond donors (Lipinski definition) is 1. The number of nitriles is 1. The van der Waals surface area contributed by atoms with Crippen molar-refractivity contribution in [3.05, 3.63) is 77.9 Å². The van der Waals surface area contributed by atoms with Crippen LogP contribution in [-0.4, -0.2) is 20.9 Å². The number of esters is 1. The molecule has 0 heterocycles. The third kappa shape index (κ3) is 5.64. The fraction of sp³-hybridized carbons (Fsp3) is 0.182. The zero-order chi connectivity index (χ0) is 20.7. The lowest BCUT2D eigenvalue weighted by atomic mass is 10.1. The molecule has 148 valence electrons. The average Bonchev–Trinajstić information content (AvgIpc) is 2.75. The second kappa shape index (κ2) is 9.32. The Kier molecular flexibility index (Phi) is 6.60. The number of nitrogens with zero attached hydrogens (tertiary/aromatic N) is 1. The van der Waals surface area contributed by atoms with Crippen LogP contribution in [0.1, 0.15) is 24.0 Å². The summed E-state index contributed by atoms with van der Waals surface area (Å²) in [5.41, 5.74) is 1.33. The molecule has 0 fully saturated rings. The van der Waals surface area contributed by atoms with Gasteiger partial charge in [0.05, 0.1) is 16.5 Å². The molecule has 0 radical (unpaired) electrons. The minimum atomic E-state index is -3.64. The zero-order valence-electron chi connectivity index (χ0n) is 15.7. The van der Waals surface area contributed by atoms with Gasteiger partial charge in [-0.25, -0.2) is 13.1 Å². The van der Waals surface area contributed by atoms with E-state index < -0.39 is 16.0 Å². The number of fused-ring (bicyclic) bond motifs is 1. The van der Waals surface area contributed by atoms with Crippen LogP contribution in [0.25, 0.3) is 10.8 Å². The zero-order valence-corrected chi connectivity index (χ0v) is 16.5. The Labute approximate surface area is 169 Å². The molecule has 0 saturated heterocycles. The largest absolute Gasteiger partial charge is 0.461 e. The highest BCUT2D eigenvalue weighted by atomic mass is 32.2. The third-order valence-electron chi connectivity index (χ3n) is 4.36. The van der Waals surface area contributed by atoms with Gasteiger partial charge in [0, 0.05) is 13.0 Å². The quantitative estimate of drug-likeness (QED) is 0.454. The maximum atomic E-state index is 12.4. The van der Waals surface area contributed by atoms with Crippen LogP contribution in [0.3, 0.4) is 0 Å². The predicted molar refractivity (Wildman–Crippen MR) is 109 cm³/mol. The van der Waals surface area contributed by atoms with Crippen LogP contribution in [0.15, 0.2) is 71.6 Å². The van der Waals surface area contributed by atoms with Gasteiger partial charge in [-0.3, -0.25) is 4.79 Å². The van der Waals surface area contributed by atoms with E-state index in [0.717, 1.165) is 16.3 Å². The van der Waals surface area contributed by atoms with Crippen molar-refractivity contribution in [3.63, 3.8) is 0 Å². The summed E-state index contributed by atoms with van der Waals surface area (Å²) in [6.45, 7) is 0.258. The van der Waals surface area contributed by atoms with Crippen molar-refractivity contribution >= 4 is 26.8 Å². The first-order valence-electron chi connectivity index (χ1n) is 9.11. The number of sulfonamides is 1. The summed E-state index contributed by atoms with van der Waals surface area (Å²) in [6.07, 6.45) is 0.440. The van der Waals surface area contributed by atoms with Gasteiger partial charge in [0.15, 0.2) is 0 Å². The Bertz CT molecular complexity index is 1150. The monoisotopic (exact) mass is 408 g/mol. The Morgan fingerprint density at radius 2 is 1.72 bits per heavy atom. The molecule has 29 heavy (non-hydrogen) atoms. The Morgan fingerprint density at radius 3 is 2.45 bits per heavy atom. The SMILES string of the molecule is N#Cc1ccc(COC(=O)CCCNS(=O)(=O)c2ccc3ccccc3c2)cc1. The summed E-state index contributed by atoms with van der Waals surface area (Å²) in [6, 6.07) is 21.3. The molecule has 0 spiro atoms. The summed E-state index contributed by atoms with van der Waals surface area (Å²) in [4.78, 5) is 12.0. The van der Waals surface area contributed by atoms with Gasteiger partial charge in [-0.15, -0.1) is 0 Å². The third-order valence-corrected chi connectivity index (χ3v) is 5.82. The first kappa shape index (κ1) is 20.5. The van der Waals surface area contributed by atoms with Gasteiger partial charge >= 0.3 is 5.97 Å². The van der Waals surface area contributed by atoms with Crippen molar-refractivity contribution in [3.8, 4) is 6.07 Å². The van der Waals surface area contributed by atoms with Crippen molar-refractivity contribution in [1.29, 1.82) is 5.26 Å². The molecule has 0 atom stereocenters. The molecule has 0 unspecified atom stereocenters. The van der Waals surface area contributed by atoms with Crippen LogP contribution in [0.4, 0.5) is 0 Å². The van der Waals surface area contributed by atoms with Crippen LogP contribution in [-0.2, 0) is 26.2 Å². The minimum absolute atomic E-state index is 0.108. The summed E-state index contributed by atoms with van der Waals surface area (Å²) < 4.78 is 32.5. The molecule has 0 aliphatic heterocycles. The van der Waals surface area contributed by atoms with Gasteiger partial charge in [-0.2, -0.15) is 5.26 Å². The number of hydrogen-bond acceptors (Lipinski definition) is 5. The molecular weight excluding hydrogens is 388 g/mol. The summed E-state index contributed by atoms with van der Waals surface area (Å²) in [5, 5.41) is 10.6. The number of carbonyl (C=O) groups excluding carboxylic acids is 1. The molecule has 3 rings (SSSR count). The van der Waals surface area contributed by atoms with Crippen molar-refractivity contribution in [2.24, 2.45) is 0 Å². The lowest BCUT2D eigenvalue weighted by Gasteiger charge is -2.08. The fourth-order valence-corrected chi connectivity index (χ4v) is 3.88. The Morgan fingerprint density at radius 1 is 1.00 bits per heavy atom. The van der Waals surface area contributed by atoms with Crippen molar-refractivity contribution in [2.45, 2.75) is 24.3 Å². The van der Waals surface area contributed by atoms with Gasteiger partial charge in [-0.1, -0.05) is 42.5 Å². The molecule has 0 aliphatic carbocycles. The second-order valence-electron chi connectivity index (χ2n) is 6.48. The second-order valence-corrected chi connectivity index (χ2v) is 8.25. The Hall–Kier alpha value is -3.21. The highest BCUT2D eigenvalue weighted by Gasteiger charge is 2.14.